The van der Waals surface area contributed by atoms with Crippen molar-refractivity contribution in [3.8, 4) is 0 Å². The summed E-state index contributed by atoms with van der Waals surface area (Å²) in [7, 11) is 0. The van der Waals surface area contributed by atoms with Gasteiger partial charge in [0.1, 0.15) is 12.3 Å². The average molecular weight is 343 g/mol. The van der Waals surface area contributed by atoms with Crippen molar-refractivity contribution in [3.05, 3.63) is 64.4 Å². The number of alkyl halides is 3. The normalized spacial score (nSPS) is 12.3. The molecule has 0 radical (unpaired) electrons. The molecule has 3 nitrogen and oxygen atoms in total. The van der Waals surface area contributed by atoms with Gasteiger partial charge in [-0.2, -0.15) is 13.2 Å². The van der Waals surface area contributed by atoms with Crippen LogP contribution in [-0.2, 0) is 17.6 Å². The van der Waals surface area contributed by atoms with Gasteiger partial charge < -0.3 is 4.84 Å². The first-order valence-electron chi connectivity index (χ1n) is 6.87. The molecule has 0 amide bonds. The molecule has 0 aliphatic rings. The lowest BCUT2D eigenvalue weighted by Gasteiger charge is -2.09. The molecule has 0 spiro atoms. The largest absolute Gasteiger partial charge is 0.416 e. The molecule has 122 valence electrons. The van der Waals surface area contributed by atoms with Crippen LogP contribution in [0.1, 0.15) is 30.2 Å². The van der Waals surface area contributed by atoms with Crippen LogP contribution in [0.5, 0.6) is 0 Å². The van der Waals surface area contributed by atoms with E-state index in [1.54, 1.807) is 25.1 Å². The highest BCUT2D eigenvalue weighted by atomic mass is 35.5. The van der Waals surface area contributed by atoms with Gasteiger partial charge in [-0.25, -0.2) is 0 Å². The van der Waals surface area contributed by atoms with E-state index >= 15 is 0 Å². The molecule has 0 fully saturated rings. The van der Waals surface area contributed by atoms with Crippen molar-refractivity contribution in [1.82, 2.24) is 4.98 Å². The molecule has 0 atom stereocenters. The van der Waals surface area contributed by atoms with E-state index in [1.807, 2.05) is 6.07 Å². The number of hydrogen-bond acceptors (Lipinski definition) is 3. The molecule has 0 saturated heterocycles. The maximum absolute atomic E-state index is 12.7. The molecule has 0 unspecified atom stereocenters. The predicted molar refractivity (Wildman–Crippen MR) is 82.3 cm³/mol. The fraction of sp³-hybridized carbons (Fsp3) is 0.250. The van der Waals surface area contributed by atoms with Crippen LogP contribution in [0.2, 0.25) is 5.02 Å². The summed E-state index contributed by atoms with van der Waals surface area (Å²) < 4.78 is 38.2. The van der Waals surface area contributed by atoms with E-state index in [0.717, 1.165) is 23.9 Å². The average Bonchev–Trinajstić information content (AvgIpc) is 2.52. The topological polar surface area (TPSA) is 34.5 Å². The van der Waals surface area contributed by atoms with Gasteiger partial charge in [0.05, 0.1) is 11.3 Å². The Bertz CT molecular complexity index is 702. The first-order chi connectivity index (χ1) is 10.9. The van der Waals surface area contributed by atoms with Crippen molar-refractivity contribution >= 4 is 17.3 Å². The fourth-order valence-electron chi connectivity index (χ4n) is 1.85. The van der Waals surface area contributed by atoms with Crippen LogP contribution >= 0.6 is 11.6 Å². The van der Waals surface area contributed by atoms with Gasteiger partial charge >= 0.3 is 6.18 Å². The Morgan fingerprint density at radius 1 is 1.26 bits per heavy atom. The molecule has 2 rings (SSSR count). The number of benzene rings is 1. The third kappa shape index (κ3) is 4.69. The Morgan fingerprint density at radius 2 is 2.00 bits per heavy atom. The van der Waals surface area contributed by atoms with E-state index in [0.29, 0.717) is 17.2 Å². The van der Waals surface area contributed by atoms with Gasteiger partial charge in [-0.15, -0.1) is 0 Å². The lowest BCUT2D eigenvalue weighted by atomic mass is 10.1. The highest BCUT2D eigenvalue weighted by Crippen LogP contribution is 2.29. The van der Waals surface area contributed by atoms with Gasteiger partial charge in [0.15, 0.2) is 0 Å². The standard InChI is InChI=1S/C16H14ClF3N2O/c1-2-14(15-9-12(7-8-21-15)16(18,19)20)22-23-10-11-5-3-4-6-13(11)17/h3-9H,2,10H2,1H3/b22-14+. The number of aromatic nitrogens is 1. The lowest BCUT2D eigenvalue weighted by Crippen LogP contribution is -2.09. The fourth-order valence-corrected chi connectivity index (χ4v) is 2.04. The smallest absolute Gasteiger partial charge is 0.391 e. The Morgan fingerprint density at radius 3 is 2.65 bits per heavy atom. The molecule has 0 aliphatic carbocycles. The monoisotopic (exact) mass is 342 g/mol. The lowest BCUT2D eigenvalue weighted by molar-refractivity contribution is -0.137. The maximum Gasteiger partial charge on any atom is 0.416 e. The van der Waals surface area contributed by atoms with Crippen LogP contribution in [0, 0.1) is 0 Å². The number of oxime groups is 1. The van der Waals surface area contributed by atoms with Crippen molar-refractivity contribution in [2.75, 3.05) is 0 Å². The molecule has 1 heterocycles. The van der Waals surface area contributed by atoms with E-state index in [9.17, 15) is 13.2 Å². The van der Waals surface area contributed by atoms with Crippen molar-refractivity contribution in [2.24, 2.45) is 5.16 Å². The molecule has 0 aliphatic heterocycles. The Kier molecular flexibility index (Phi) is 5.60. The van der Waals surface area contributed by atoms with E-state index in [-0.39, 0.29) is 12.3 Å². The summed E-state index contributed by atoms with van der Waals surface area (Å²) in [6.45, 7) is 1.89. The van der Waals surface area contributed by atoms with Crippen molar-refractivity contribution < 1.29 is 18.0 Å². The highest BCUT2D eigenvalue weighted by molar-refractivity contribution is 6.31. The molecular weight excluding hydrogens is 329 g/mol. The van der Waals surface area contributed by atoms with E-state index in [2.05, 4.69) is 10.1 Å². The summed E-state index contributed by atoms with van der Waals surface area (Å²) in [5, 5.41) is 4.44. The molecule has 0 N–H and O–H groups in total. The van der Waals surface area contributed by atoms with Crippen molar-refractivity contribution in [3.63, 3.8) is 0 Å². The van der Waals surface area contributed by atoms with Gasteiger partial charge in [-0.3, -0.25) is 4.98 Å². The van der Waals surface area contributed by atoms with Crippen LogP contribution in [0.25, 0.3) is 0 Å². The highest BCUT2D eigenvalue weighted by Gasteiger charge is 2.31. The van der Waals surface area contributed by atoms with Crippen LogP contribution in [0.3, 0.4) is 0 Å². The summed E-state index contributed by atoms with van der Waals surface area (Å²) in [5.74, 6) is 0. The number of rotatable bonds is 5. The summed E-state index contributed by atoms with van der Waals surface area (Å²) in [5.41, 5.74) is 0.449. The first-order valence-corrected chi connectivity index (χ1v) is 7.25. The van der Waals surface area contributed by atoms with Gasteiger partial charge in [0, 0.05) is 16.8 Å². The minimum absolute atomic E-state index is 0.127. The Balaban J connectivity index is 2.15. The zero-order valence-electron chi connectivity index (χ0n) is 12.3. The maximum atomic E-state index is 12.7. The third-order valence-electron chi connectivity index (χ3n) is 3.07. The van der Waals surface area contributed by atoms with Gasteiger partial charge in [-0.05, 0) is 24.6 Å². The summed E-state index contributed by atoms with van der Waals surface area (Å²) in [4.78, 5) is 9.15. The second-order valence-electron chi connectivity index (χ2n) is 4.68. The summed E-state index contributed by atoms with van der Waals surface area (Å²) >= 11 is 6.00. The zero-order chi connectivity index (χ0) is 16.9. The van der Waals surface area contributed by atoms with E-state index < -0.39 is 11.7 Å². The number of halogens is 4. The van der Waals surface area contributed by atoms with E-state index in [4.69, 9.17) is 16.4 Å². The molecule has 0 saturated carbocycles. The second-order valence-corrected chi connectivity index (χ2v) is 5.09. The molecule has 2 aromatic rings. The van der Waals surface area contributed by atoms with Crippen LogP contribution < -0.4 is 0 Å². The molecule has 1 aromatic heterocycles. The minimum atomic E-state index is -4.42. The number of nitrogens with zero attached hydrogens (tertiary/aromatic N) is 2. The van der Waals surface area contributed by atoms with Crippen molar-refractivity contribution in [1.29, 1.82) is 0 Å². The van der Waals surface area contributed by atoms with Crippen LogP contribution in [0.15, 0.2) is 47.8 Å². The molecule has 7 heteroatoms. The molecular formula is C16H14ClF3N2O. The predicted octanol–water partition coefficient (Wildman–Crippen LogP) is 5.08. The number of pyridine rings is 1. The van der Waals surface area contributed by atoms with Gasteiger partial charge in [0.25, 0.3) is 0 Å². The first kappa shape index (κ1) is 17.3. The Labute approximate surface area is 136 Å². The molecule has 23 heavy (non-hydrogen) atoms. The number of hydrogen-bond donors (Lipinski definition) is 0. The summed E-state index contributed by atoms with van der Waals surface area (Å²) in [6, 6.07) is 8.98. The van der Waals surface area contributed by atoms with Gasteiger partial charge in [0.2, 0.25) is 0 Å². The van der Waals surface area contributed by atoms with Gasteiger partial charge in [-0.1, -0.05) is 41.9 Å². The van der Waals surface area contributed by atoms with Crippen LogP contribution in [0.4, 0.5) is 13.2 Å². The second kappa shape index (κ2) is 7.46. The Hall–Kier alpha value is -2.08. The minimum Gasteiger partial charge on any atom is -0.391 e. The SMILES string of the molecule is CC/C(=N\OCc1ccccc1Cl)c1cc(C(F)(F)F)ccn1. The molecule has 1 aromatic carbocycles. The molecule has 0 bridgehead atoms. The third-order valence-corrected chi connectivity index (χ3v) is 3.44. The van der Waals surface area contributed by atoms with E-state index in [1.165, 1.54) is 0 Å². The zero-order valence-corrected chi connectivity index (χ0v) is 13.0. The quantitative estimate of drug-likeness (QED) is 0.560. The summed E-state index contributed by atoms with van der Waals surface area (Å²) in [6.07, 6.45) is -2.93. The van der Waals surface area contributed by atoms with Crippen LogP contribution in [-0.4, -0.2) is 10.7 Å². The van der Waals surface area contributed by atoms with Crippen molar-refractivity contribution in [2.45, 2.75) is 26.1 Å².